The molecular weight excluding hydrogens is 386 g/mol. The molecule has 7 heteroatoms. The molecule has 0 saturated carbocycles. The Balaban J connectivity index is 1.79. The van der Waals surface area contributed by atoms with Gasteiger partial charge < -0.3 is 14.5 Å². The smallest absolute Gasteiger partial charge is 0.260 e. The van der Waals surface area contributed by atoms with Crippen LogP contribution >= 0.6 is 11.3 Å². The van der Waals surface area contributed by atoms with Crippen LogP contribution in [0.3, 0.4) is 0 Å². The molecule has 1 atom stereocenters. The molecule has 1 aliphatic carbocycles. The van der Waals surface area contributed by atoms with E-state index < -0.39 is 0 Å². The molecule has 0 amide bonds. The second kappa shape index (κ2) is 7.72. The predicted molar refractivity (Wildman–Crippen MR) is 114 cm³/mol. The molecule has 2 heterocycles. The van der Waals surface area contributed by atoms with Crippen molar-refractivity contribution >= 4 is 33.2 Å². The van der Waals surface area contributed by atoms with Crippen LogP contribution < -0.4 is 15.0 Å². The van der Waals surface area contributed by atoms with Gasteiger partial charge in [-0.15, -0.1) is 11.3 Å². The van der Waals surface area contributed by atoms with Crippen molar-refractivity contribution in [3.63, 3.8) is 0 Å². The number of nitriles is 1. The van der Waals surface area contributed by atoms with Crippen LogP contribution in [-0.2, 0) is 12.8 Å². The Labute approximate surface area is 172 Å². The maximum absolute atomic E-state index is 12.8. The Morgan fingerprint density at radius 1 is 1.34 bits per heavy atom. The standard InChI is InChI=1S/C22H21N3O3S/c1-12-4-6-15-18(8-12)29-22-19(15)21(26)24-20(25-22)14(11-23)9-13-5-7-16(27-2)17(10-13)28-3/h5,7,9-10,12H,4,6,8H2,1-3H3,(H,24,25,26)/b14-9+/t12-/m0/s1. The number of thiophene rings is 1. The number of rotatable bonds is 4. The van der Waals surface area contributed by atoms with Gasteiger partial charge in [0, 0.05) is 4.88 Å². The average molecular weight is 407 g/mol. The molecular formula is C22H21N3O3S. The molecule has 148 valence electrons. The Hall–Kier alpha value is -3.11. The summed E-state index contributed by atoms with van der Waals surface area (Å²) in [6.07, 6.45) is 4.66. The summed E-state index contributed by atoms with van der Waals surface area (Å²) in [7, 11) is 3.13. The second-order valence-corrected chi connectivity index (χ2v) is 8.31. The molecule has 1 aromatic carbocycles. The van der Waals surface area contributed by atoms with Crippen molar-refractivity contribution in [2.75, 3.05) is 14.2 Å². The molecule has 3 aromatic rings. The highest BCUT2D eigenvalue weighted by atomic mass is 32.1. The Kier molecular flexibility index (Phi) is 5.12. The van der Waals surface area contributed by atoms with Crippen LogP contribution in [0.15, 0.2) is 23.0 Å². The van der Waals surface area contributed by atoms with Gasteiger partial charge in [0.2, 0.25) is 0 Å². The summed E-state index contributed by atoms with van der Waals surface area (Å²) in [4.78, 5) is 22.2. The van der Waals surface area contributed by atoms with Crippen LogP contribution in [0.25, 0.3) is 21.9 Å². The minimum Gasteiger partial charge on any atom is -0.493 e. The van der Waals surface area contributed by atoms with Crippen molar-refractivity contribution in [2.45, 2.75) is 26.2 Å². The third-order valence-corrected chi connectivity index (χ3v) is 6.41. The molecule has 6 nitrogen and oxygen atoms in total. The number of aromatic nitrogens is 2. The van der Waals surface area contributed by atoms with Gasteiger partial charge in [-0.05, 0) is 54.5 Å². The lowest BCUT2D eigenvalue weighted by Gasteiger charge is -2.17. The van der Waals surface area contributed by atoms with Crippen LogP contribution in [0.4, 0.5) is 0 Å². The highest BCUT2D eigenvalue weighted by Crippen LogP contribution is 2.36. The summed E-state index contributed by atoms with van der Waals surface area (Å²) >= 11 is 1.57. The van der Waals surface area contributed by atoms with Crippen molar-refractivity contribution in [3.05, 3.63) is 50.4 Å². The van der Waals surface area contributed by atoms with Gasteiger partial charge in [-0.25, -0.2) is 4.98 Å². The second-order valence-electron chi connectivity index (χ2n) is 7.23. The van der Waals surface area contributed by atoms with Crippen LogP contribution in [0.2, 0.25) is 0 Å². The van der Waals surface area contributed by atoms with Gasteiger partial charge in [-0.3, -0.25) is 4.79 Å². The summed E-state index contributed by atoms with van der Waals surface area (Å²) in [6, 6.07) is 7.52. The van der Waals surface area contributed by atoms with Crippen molar-refractivity contribution in [3.8, 4) is 17.6 Å². The summed E-state index contributed by atoms with van der Waals surface area (Å²) in [5, 5.41) is 10.4. The third kappa shape index (κ3) is 3.52. The molecule has 0 aliphatic heterocycles. The number of nitrogens with zero attached hydrogens (tertiary/aromatic N) is 2. The van der Waals surface area contributed by atoms with Crippen LogP contribution in [0, 0.1) is 17.2 Å². The molecule has 0 bridgehead atoms. The van der Waals surface area contributed by atoms with Crippen molar-refractivity contribution in [2.24, 2.45) is 5.92 Å². The number of aromatic amines is 1. The topological polar surface area (TPSA) is 88.0 Å². The molecule has 0 fully saturated rings. The molecule has 4 rings (SSSR count). The van der Waals surface area contributed by atoms with E-state index in [-0.39, 0.29) is 17.0 Å². The number of methoxy groups -OCH3 is 2. The third-order valence-electron chi connectivity index (χ3n) is 5.26. The summed E-state index contributed by atoms with van der Waals surface area (Å²) < 4.78 is 10.6. The monoisotopic (exact) mass is 407 g/mol. The zero-order valence-electron chi connectivity index (χ0n) is 16.5. The Bertz CT molecular complexity index is 1220. The maximum atomic E-state index is 12.8. The number of nitrogens with one attached hydrogen (secondary N) is 1. The van der Waals surface area contributed by atoms with Crippen LogP contribution in [-0.4, -0.2) is 24.2 Å². The highest BCUT2D eigenvalue weighted by Gasteiger charge is 2.23. The predicted octanol–water partition coefficient (Wildman–Crippen LogP) is 4.19. The number of benzene rings is 1. The lowest BCUT2D eigenvalue weighted by molar-refractivity contribution is 0.355. The first kappa shape index (κ1) is 19.2. The first-order chi connectivity index (χ1) is 14.0. The molecule has 1 N–H and O–H groups in total. The molecule has 2 aromatic heterocycles. The molecule has 1 aliphatic rings. The molecule has 29 heavy (non-hydrogen) atoms. The van der Waals surface area contributed by atoms with E-state index in [4.69, 9.17) is 9.47 Å². The molecule has 0 radical (unpaired) electrons. The van der Waals surface area contributed by atoms with E-state index in [1.165, 1.54) is 4.88 Å². The Morgan fingerprint density at radius 2 is 2.14 bits per heavy atom. The average Bonchev–Trinajstić information content (AvgIpc) is 3.09. The van der Waals surface area contributed by atoms with E-state index >= 15 is 0 Å². The van der Waals surface area contributed by atoms with Crippen LogP contribution in [0.1, 0.15) is 35.2 Å². The van der Waals surface area contributed by atoms with E-state index in [1.54, 1.807) is 43.8 Å². The zero-order chi connectivity index (χ0) is 20.5. The first-order valence-electron chi connectivity index (χ1n) is 9.42. The Morgan fingerprint density at radius 3 is 2.86 bits per heavy atom. The van der Waals surface area contributed by atoms with Gasteiger partial charge in [-0.1, -0.05) is 13.0 Å². The zero-order valence-corrected chi connectivity index (χ0v) is 17.4. The fourth-order valence-corrected chi connectivity index (χ4v) is 5.12. The minimum absolute atomic E-state index is 0.175. The van der Waals surface area contributed by atoms with E-state index in [0.717, 1.165) is 30.4 Å². The number of hydrogen-bond donors (Lipinski definition) is 1. The van der Waals surface area contributed by atoms with Crippen molar-refractivity contribution < 1.29 is 9.47 Å². The van der Waals surface area contributed by atoms with E-state index in [9.17, 15) is 10.1 Å². The highest BCUT2D eigenvalue weighted by molar-refractivity contribution is 7.18. The quantitative estimate of drug-likeness (QED) is 0.655. The normalized spacial score (nSPS) is 16.3. The van der Waals surface area contributed by atoms with E-state index in [0.29, 0.717) is 27.6 Å². The largest absolute Gasteiger partial charge is 0.493 e. The van der Waals surface area contributed by atoms with Gasteiger partial charge >= 0.3 is 0 Å². The number of hydrogen-bond acceptors (Lipinski definition) is 6. The fourth-order valence-electron chi connectivity index (χ4n) is 3.74. The number of H-pyrrole nitrogens is 1. The van der Waals surface area contributed by atoms with Gasteiger partial charge in [0.25, 0.3) is 5.56 Å². The van der Waals surface area contributed by atoms with E-state index in [2.05, 4.69) is 23.0 Å². The van der Waals surface area contributed by atoms with Gasteiger partial charge in [0.05, 0.1) is 25.2 Å². The van der Waals surface area contributed by atoms with Crippen LogP contribution in [0.5, 0.6) is 11.5 Å². The minimum atomic E-state index is -0.175. The van der Waals surface area contributed by atoms with Crippen molar-refractivity contribution in [1.29, 1.82) is 5.26 Å². The molecule has 0 saturated heterocycles. The van der Waals surface area contributed by atoms with Gasteiger partial charge in [-0.2, -0.15) is 5.26 Å². The van der Waals surface area contributed by atoms with Gasteiger partial charge in [0.15, 0.2) is 17.3 Å². The lowest BCUT2D eigenvalue weighted by atomic mass is 9.89. The fraction of sp³-hybridized carbons (Fsp3) is 0.318. The lowest BCUT2D eigenvalue weighted by Crippen LogP contribution is -2.14. The number of fused-ring (bicyclic) bond motifs is 3. The summed E-state index contributed by atoms with van der Waals surface area (Å²) in [6.45, 7) is 2.23. The molecule has 0 unspecified atom stereocenters. The van der Waals surface area contributed by atoms with Gasteiger partial charge in [0.1, 0.15) is 10.9 Å². The summed E-state index contributed by atoms with van der Waals surface area (Å²) in [5.41, 5.74) is 1.99. The maximum Gasteiger partial charge on any atom is 0.260 e. The number of ether oxygens (including phenoxy) is 2. The van der Waals surface area contributed by atoms with Crippen molar-refractivity contribution in [1.82, 2.24) is 9.97 Å². The van der Waals surface area contributed by atoms with E-state index in [1.807, 2.05) is 6.07 Å². The first-order valence-corrected chi connectivity index (χ1v) is 10.2. The summed E-state index contributed by atoms with van der Waals surface area (Å²) in [5.74, 6) is 2.07. The number of allylic oxidation sites excluding steroid dienone is 1. The number of aryl methyl sites for hydroxylation is 1. The molecule has 0 spiro atoms. The SMILES string of the molecule is COc1ccc(/C=C(\C#N)c2nc3sc4c(c3c(=O)[nH]2)CC[C@H](C)C4)cc1OC.